The quantitative estimate of drug-likeness (QED) is 0.719. The third-order valence-corrected chi connectivity index (χ3v) is 3.54. The van der Waals surface area contributed by atoms with Gasteiger partial charge in [-0.1, -0.05) is 13.8 Å². The maximum atomic E-state index is 8.94. The lowest BCUT2D eigenvalue weighted by molar-refractivity contribution is 0.202. The lowest BCUT2D eigenvalue weighted by Gasteiger charge is -2.26. The topological polar surface area (TPSA) is 35.5 Å². The van der Waals surface area contributed by atoms with Crippen LogP contribution in [0.5, 0.6) is 0 Å². The number of likely N-dealkylation sites (N-methyl/N-ethyl adjacent to an activating group) is 1. The Kier molecular flexibility index (Phi) is 4.56. The summed E-state index contributed by atoms with van der Waals surface area (Å²) in [6.07, 6.45) is 2.11. The summed E-state index contributed by atoms with van der Waals surface area (Å²) in [4.78, 5) is 2.40. The number of nitrogens with zero attached hydrogens (tertiary/aromatic N) is 1. The van der Waals surface area contributed by atoms with Crippen LogP contribution in [0.1, 0.15) is 33.6 Å². The van der Waals surface area contributed by atoms with Crippen LogP contribution in [0.25, 0.3) is 0 Å². The highest BCUT2D eigenvalue weighted by atomic mass is 16.3. The molecule has 0 aromatic heterocycles. The lowest BCUT2D eigenvalue weighted by Crippen LogP contribution is -2.38. The van der Waals surface area contributed by atoms with Crippen LogP contribution in [0.4, 0.5) is 0 Å². The second-order valence-corrected chi connectivity index (χ2v) is 5.74. The molecule has 0 aromatic carbocycles. The molecule has 3 nitrogen and oxygen atoms in total. The third-order valence-electron chi connectivity index (χ3n) is 3.54. The van der Waals surface area contributed by atoms with Gasteiger partial charge in [0.1, 0.15) is 0 Å². The molecule has 1 fully saturated rings. The zero-order chi connectivity index (χ0) is 11.5. The van der Waals surface area contributed by atoms with Crippen molar-refractivity contribution in [3.05, 3.63) is 0 Å². The summed E-state index contributed by atoms with van der Waals surface area (Å²) in [5.74, 6) is 0. The number of nitrogens with one attached hydrogen (secondary N) is 1. The number of likely N-dealkylation sites (tertiary alicyclic amines) is 1. The van der Waals surface area contributed by atoms with Gasteiger partial charge in [0.25, 0.3) is 0 Å². The van der Waals surface area contributed by atoms with E-state index < -0.39 is 0 Å². The predicted octanol–water partition coefficient (Wildman–Crippen LogP) is 1.08. The summed E-state index contributed by atoms with van der Waals surface area (Å²) in [5.41, 5.74) is 0.207. The van der Waals surface area contributed by atoms with E-state index in [1.807, 2.05) is 0 Å². The SMILES string of the molecule is CC1CC(NCC(C)(C)CCO)CN1C. The zero-order valence-electron chi connectivity index (χ0n) is 10.6. The van der Waals surface area contributed by atoms with Gasteiger partial charge in [0.2, 0.25) is 0 Å². The molecular weight excluding hydrogens is 188 g/mol. The van der Waals surface area contributed by atoms with Crippen molar-refractivity contribution in [2.45, 2.75) is 45.7 Å². The molecule has 1 rings (SSSR count). The molecule has 2 unspecified atom stereocenters. The second-order valence-electron chi connectivity index (χ2n) is 5.74. The van der Waals surface area contributed by atoms with Crippen LogP contribution >= 0.6 is 0 Å². The minimum atomic E-state index is 0.207. The molecule has 15 heavy (non-hydrogen) atoms. The largest absolute Gasteiger partial charge is 0.396 e. The van der Waals surface area contributed by atoms with Crippen molar-refractivity contribution in [1.29, 1.82) is 0 Å². The van der Waals surface area contributed by atoms with Crippen molar-refractivity contribution in [2.75, 3.05) is 26.7 Å². The van der Waals surface area contributed by atoms with E-state index >= 15 is 0 Å². The Morgan fingerprint density at radius 1 is 1.47 bits per heavy atom. The van der Waals surface area contributed by atoms with Gasteiger partial charge in [-0.2, -0.15) is 0 Å². The first-order valence-corrected chi connectivity index (χ1v) is 5.99. The highest BCUT2D eigenvalue weighted by Crippen LogP contribution is 2.20. The van der Waals surface area contributed by atoms with Crippen molar-refractivity contribution in [3.8, 4) is 0 Å². The molecule has 0 aliphatic carbocycles. The van der Waals surface area contributed by atoms with Crippen molar-refractivity contribution < 1.29 is 5.11 Å². The Bertz CT molecular complexity index is 184. The lowest BCUT2D eigenvalue weighted by atomic mass is 9.89. The summed E-state index contributed by atoms with van der Waals surface area (Å²) < 4.78 is 0. The number of hydrogen-bond acceptors (Lipinski definition) is 3. The fourth-order valence-corrected chi connectivity index (χ4v) is 2.15. The van der Waals surface area contributed by atoms with Gasteiger partial charge in [-0.3, -0.25) is 0 Å². The standard InChI is InChI=1S/C12H26N2O/c1-10-7-11(8-14(10)4)13-9-12(2,3)5-6-15/h10-11,13,15H,5-9H2,1-4H3. The summed E-state index contributed by atoms with van der Waals surface area (Å²) >= 11 is 0. The first-order valence-electron chi connectivity index (χ1n) is 5.99. The Balaban J connectivity index is 2.26. The maximum absolute atomic E-state index is 8.94. The van der Waals surface area contributed by atoms with Gasteiger partial charge in [0.05, 0.1) is 0 Å². The Hall–Kier alpha value is -0.120. The first kappa shape index (κ1) is 12.9. The number of rotatable bonds is 5. The highest BCUT2D eigenvalue weighted by Gasteiger charge is 2.27. The third kappa shape index (κ3) is 4.09. The van der Waals surface area contributed by atoms with Gasteiger partial charge in [0, 0.05) is 31.8 Å². The summed E-state index contributed by atoms with van der Waals surface area (Å²) in [5, 5.41) is 12.6. The molecule has 1 aliphatic rings. The molecule has 2 N–H and O–H groups in total. The van der Waals surface area contributed by atoms with E-state index in [2.05, 4.69) is 38.0 Å². The van der Waals surface area contributed by atoms with Crippen LogP contribution in [-0.2, 0) is 0 Å². The van der Waals surface area contributed by atoms with Crippen LogP contribution in [-0.4, -0.2) is 48.8 Å². The van der Waals surface area contributed by atoms with Gasteiger partial charge >= 0.3 is 0 Å². The van der Waals surface area contributed by atoms with E-state index in [1.54, 1.807) is 0 Å². The van der Waals surface area contributed by atoms with Gasteiger partial charge in [-0.15, -0.1) is 0 Å². The minimum Gasteiger partial charge on any atom is -0.396 e. The molecule has 0 amide bonds. The highest BCUT2D eigenvalue weighted by molar-refractivity contribution is 4.86. The van der Waals surface area contributed by atoms with E-state index in [0.29, 0.717) is 12.1 Å². The van der Waals surface area contributed by atoms with E-state index in [1.165, 1.54) is 6.42 Å². The number of aliphatic hydroxyl groups is 1. The van der Waals surface area contributed by atoms with Gasteiger partial charge in [-0.05, 0) is 32.2 Å². The van der Waals surface area contributed by atoms with Crippen LogP contribution in [0.15, 0.2) is 0 Å². The van der Waals surface area contributed by atoms with Crippen molar-refractivity contribution in [3.63, 3.8) is 0 Å². The molecular formula is C12H26N2O. The van der Waals surface area contributed by atoms with Gasteiger partial charge in [-0.25, -0.2) is 0 Å². The summed E-state index contributed by atoms with van der Waals surface area (Å²) in [7, 11) is 2.19. The first-order chi connectivity index (χ1) is 6.94. The van der Waals surface area contributed by atoms with Crippen molar-refractivity contribution in [1.82, 2.24) is 10.2 Å². The maximum Gasteiger partial charge on any atom is 0.0436 e. The van der Waals surface area contributed by atoms with Crippen LogP contribution in [0.3, 0.4) is 0 Å². The van der Waals surface area contributed by atoms with Crippen LogP contribution in [0, 0.1) is 5.41 Å². The Morgan fingerprint density at radius 3 is 2.60 bits per heavy atom. The molecule has 3 heteroatoms. The van der Waals surface area contributed by atoms with Gasteiger partial charge < -0.3 is 15.3 Å². The Labute approximate surface area is 93.9 Å². The fraction of sp³-hybridized carbons (Fsp3) is 1.00. The normalized spacial score (nSPS) is 28.6. The molecule has 0 spiro atoms. The molecule has 0 aromatic rings. The average Bonchev–Trinajstić information content (AvgIpc) is 2.44. The van der Waals surface area contributed by atoms with E-state index in [-0.39, 0.29) is 12.0 Å². The second kappa shape index (κ2) is 5.28. The minimum absolute atomic E-state index is 0.207. The number of aliphatic hydroxyl groups excluding tert-OH is 1. The van der Waals surface area contributed by atoms with E-state index in [4.69, 9.17) is 5.11 Å². The van der Waals surface area contributed by atoms with Crippen LogP contribution in [0.2, 0.25) is 0 Å². The molecule has 0 bridgehead atoms. The summed E-state index contributed by atoms with van der Waals surface area (Å²) in [6, 6.07) is 1.33. The smallest absolute Gasteiger partial charge is 0.0436 e. The van der Waals surface area contributed by atoms with Gasteiger partial charge in [0.15, 0.2) is 0 Å². The molecule has 0 radical (unpaired) electrons. The fourth-order valence-electron chi connectivity index (χ4n) is 2.15. The Morgan fingerprint density at radius 2 is 2.13 bits per heavy atom. The van der Waals surface area contributed by atoms with Crippen molar-refractivity contribution >= 4 is 0 Å². The predicted molar refractivity (Wildman–Crippen MR) is 64.0 cm³/mol. The molecule has 2 atom stereocenters. The van der Waals surface area contributed by atoms with E-state index in [0.717, 1.165) is 19.5 Å². The molecule has 1 heterocycles. The monoisotopic (exact) mass is 214 g/mol. The van der Waals surface area contributed by atoms with Crippen LogP contribution < -0.4 is 5.32 Å². The molecule has 1 aliphatic heterocycles. The molecule has 90 valence electrons. The number of hydrogen-bond donors (Lipinski definition) is 2. The zero-order valence-corrected chi connectivity index (χ0v) is 10.6. The molecule has 0 saturated carbocycles. The molecule has 1 saturated heterocycles. The summed E-state index contributed by atoms with van der Waals surface area (Å²) in [6.45, 7) is 9.13. The average molecular weight is 214 g/mol. The van der Waals surface area contributed by atoms with E-state index in [9.17, 15) is 0 Å². The van der Waals surface area contributed by atoms with Crippen molar-refractivity contribution in [2.24, 2.45) is 5.41 Å².